The maximum atomic E-state index is 12.8. The molecule has 34 heavy (non-hydrogen) atoms. The predicted octanol–water partition coefficient (Wildman–Crippen LogP) is 5.77. The first-order valence-corrected chi connectivity index (χ1v) is 12.0. The molecule has 3 rings (SSSR count). The number of hydrogen-bond donors (Lipinski definition) is 2. The lowest BCUT2D eigenvalue weighted by molar-refractivity contribution is 0.0950. The average Bonchev–Trinajstić information content (AvgIpc) is 2.85. The predicted molar refractivity (Wildman–Crippen MR) is 139 cm³/mol. The minimum absolute atomic E-state index is 0.201. The number of anilines is 1. The Hall–Kier alpha value is -2.93. The Morgan fingerprint density at radius 3 is 2.41 bits per heavy atom. The molecule has 0 spiro atoms. The minimum Gasteiger partial charge on any atom is -0.352 e. The smallest absolute Gasteiger partial charge is 0.257 e. The summed E-state index contributed by atoms with van der Waals surface area (Å²) in [7, 11) is 0. The third kappa shape index (κ3) is 6.79. The van der Waals surface area contributed by atoms with Gasteiger partial charge < -0.3 is 15.5 Å². The van der Waals surface area contributed by atoms with E-state index in [4.69, 9.17) is 23.2 Å². The molecule has 8 heteroatoms. The second-order valence-electron chi connectivity index (χ2n) is 7.69. The van der Waals surface area contributed by atoms with Gasteiger partial charge in [0.15, 0.2) is 0 Å². The van der Waals surface area contributed by atoms with Crippen molar-refractivity contribution in [2.75, 3.05) is 31.5 Å². The number of carbonyl (C=O) groups is 2. The first-order valence-electron chi connectivity index (χ1n) is 11.2. The van der Waals surface area contributed by atoms with Crippen molar-refractivity contribution in [1.82, 2.24) is 15.2 Å². The van der Waals surface area contributed by atoms with Gasteiger partial charge in [0.25, 0.3) is 11.8 Å². The number of hydrogen-bond acceptors (Lipinski definition) is 4. The Morgan fingerprint density at radius 2 is 1.74 bits per heavy atom. The highest BCUT2D eigenvalue weighted by Crippen LogP contribution is 2.29. The van der Waals surface area contributed by atoms with Crippen LogP contribution in [0.3, 0.4) is 0 Å². The van der Waals surface area contributed by atoms with Crippen LogP contribution in [0.1, 0.15) is 41.0 Å². The number of nitrogens with one attached hydrogen (secondary N) is 2. The van der Waals surface area contributed by atoms with Crippen LogP contribution < -0.4 is 10.6 Å². The first-order chi connectivity index (χ1) is 16.4. The van der Waals surface area contributed by atoms with Crippen LogP contribution >= 0.6 is 23.2 Å². The maximum Gasteiger partial charge on any atom is 0.257 e. The Labute approximate surface area is 210 Å². The lowest BCUT2D eigenvalue weighted by Crippen LogP contribution is -2.30. The first kappa shape index (κ1) is 25.7. The SMILES string of the molecule is CCN(CC)CCCNC(=O)c1ccc(C(=O)Nc2ccc(Cl)c(-c3ccccn3)c2)c(Cl)c1. The summed E-state index contributed by atoms with van der Waals surface area (Å²) in [4.78, 5) is 31.9. The third-order valence-corrected chi connectivity index (χ3v) is 6.11. The van der Waals surface area contributed by atoms with Crippen LogP contribution in [0.2, 0.25) is 10.0 Å². The van der Waals surface area contributed by atoms with E-state index in [2.05, 4.69) is 34.4 Å². The van der Waals surface area contributed by atoms with Crippen molar-refractivity contribution in [3.8, 4) is 11.3 Å². The number of nitrogens with zero attached hydrogens (tertiary/aromatic N) is 2. The molecule has 0 saturated heterocycles. The van der Waals surface area contributed by atoms with Crippen molar-refractivity contribution in [2.45, 2.75) is 20.3 Å². The number of halogens is 2. The summed E-state index contributed by atoms with van der Waals surface area (Å²) in [5, 5.41) is 6.47. The zero-order valence-electron chi connectivity index (χ0n) is 19.3. The molecule has 0 fully saturated rings. The van der Waals surface area contributed by atoms with Crippen LogP contribution in [-0.4, -0.2) is 47.9 Å². The molecule has 1 aromatic heterocycles. The zero-order chi connectivity index (χ0) is 24.5. The Bertz CT molecular complexity index is 1130. The lowest BCUT2D eigenvalue weighted by Gasteiger charge is -2.17. The summed E-state index contributed by atoms with van der Waals surface area (Å²) < 4.78 is 0. The van der Waals surface area contributed by atoms with Gasteiger partial charge in [-0.15, -0.1) is 0 Å². The van der Waals surface area contributed by atoms with E-state index in [0.29, 0.717) is 34.1 Å². The number of pyridine rings is 1. The molecule has 6 nitrogen and oxygen atoms in total. The van der Waals surface area contributed by atoms with Gasteiger partial charge in [-0.3, -0.25) is 14.6 Å². The number of aromatic nitrogens is 1. The molecular weight excluding hydrogens is 471 g/mol. The zero-order valence-corrected chi connectivity index (χ0v) is 20.8. The minimum atomic E-state index is -0.384. The Kier molecular flexibility index (Phi) is 9.45. The number of rotatable bonds is 10. The second-order valence-corrected chi connectivity index (χ2v) is 8.51. The van der Waals surface area contributed by atoms with E-state index in [0.717, 1.165) is 26.1 Å². The van der Waals surface area contributed by atoms with Crippen LogP contribution in [0.15, 0.2) is 60.8 Å². The maximum absolute atomic E-state index is 12.8. The van der Waals surface area contributed by atoms with Crippen LogP contribution in [0.5, 0.6) is 0 Å². The van der Waals surface area contributed by atoms with E-state index in [1.54, 1.807) is 36.5 Å². The van der Waals surface area contributed by atoms with Crippen molar-refractivity contribution in [2.24, 2.45) is 0 Å². The van der Waals surface area contributed by atoms with Crippen LogP contribution in [0.25, 0.3) is 11.3 Å². The molecule has 2 amide bonds. The average molecular weight is 499 g/mol. The van der Waals surface area contributed by atoms with Crippen LogP contribution in [0.4, 0.5) is 5.69 Å². The fourth-order valence-electron chi connectivity index (χ4n) is 3.51. The van der Waals surface area contributed by atoms with Crippen LogP contribution in [-0.2, 0) is 0 Å². The van der Waals surface area contributed by atoms with Crippen LogP contribution in [0, 0.1) is 0 Å². The number of amides is 2. The molecule has 0 aliphatic heterocycles. The summed E-state index contributed by atoms with van der Waals surface area (Å²) in [5.74, 6) is -0.600. The molecule has 0 aliphatic carbocycles. The molecular formula is C26H28Cl2N4O2. The topological polar surface area (TPSA) is 74.3 Å². The third-order valence-electron chi connectivity index (χ3n) is 5.47. The summed E-state index contributed by atoms with van der Waals surface area (Å²) in [5.41, 5.74) is 2.65. The van der Waals surface area contributed by atoms with E-state index in [1.807, 2.05) is 18.2 Å². The molecule has 0 radical (unpaired) electrons. The van der Waals surface area contributed by atoms with Crippen molar-refractivity contribution >= 4 is 40.7 Å². The van der Waals surface area contributed by atoms with Crippen molar-refractivity contribution in [3.63, 3.8) is 0 Å². The standard InChI is InChI=1S/C26H28Cl2N4O2/c1-3-32(4-2)15-7-14-30-25(33)18-9-11-20(23(28)16-18)26(34)31-19-10-12-22(27)21(17-19)24-8-5-6-13-29-24/h5-6,8-13,16-17H,3-4,7,14-15H2,1-2H3,(H,30,33)(H,31,34). The highest BCUT2D eigenvalue weighted by Gasteiger charge is 2.15. The van der Waals surface area contributed by atoms with Gasteiger partial charge in [-0.25, -0.2) is 0 Å². The fourth-order valence-corrected chi connectivity index (χ4v) is 3.99. The number of carbonyl (C=O) groups excluding carboxylic acids is 2. The molecule has 2 aromatic carbocycles. The summed E-state index contributed by atoms with van der Waals surface area (Å²) in [6.07, 6.45) is 2.54. The van der Waals surface area contributed by atoms with Gasteiger partial charge in [-0.2, -0.15) is 0 Å². The fraction of sp³-hybridized carbons (Fsp3) is 0.269. The van der Waals surface area contributed by atoms with Crippen molar-refractivity contribution < 1.29 is 9.59 Å². The van der Waals surface area contributed by atoms with Crippen molar-refractivity contribution in [1.29, 1.82) is 0 Å². The Morgan fingerprint density at radius 1 is 0.941 bits per heavy atom. The van der Waals surface area contributed by atoms with E-state index in [1.165, 1.54) is 6.07 Å². The van der Waals surface area contributed by atoms with E-state index >= 15 is 0 Å². The van der Waals surface area contributed by atoms with Gasteiger partial charge >= 0.3 is 0 Å². The van der Waals surface area contributed by atoms with Gasteiger partial charge in [0.1, 0.15) is 0 Å². The van der Waals surface area contributed by atoms with E-state index in [-0.39, 0.29) is 22.4 Å². The molecule has 1 heterocycles. The van der Waals surface area contributed by atoms with Gasteiger partial charge in [-0.1, -0.05) is 43.1 Å². The molecule has 0 unspecified atom stereocenters. The highest BCUT2D eigenvalue weighted by atomic mass is 35.5. The second kappa shape index (κ2) is 12.5. The lowest BCUT2D eigenvalue weighted by atomic mass is 10.1. The highest BCUT2D eigenvalue weighted by molar-refractivity contribution is 6.35. The molecule has 0 bridgehead atoms. The number of benzene rings is 2. The largest absolute Gasteiger partial charge is 0.352 e. The molecule has 0 saturated carbocycles. The Balaban J connectivity index is 1.64. The molecule has 3 aromatic rings. The van der Waals surface area contributed by atoms with E-state index in [9.17, 15) is 9.59 Å². The van der Waals surface area contributed by atoms with Gasteiger partial charge in [0, 0.05) is 29.6 Å². The monoisotopic (exact) mass is 498 g/mol. The molecule has 0 aliphatic rings. The normalized spacial score (nSPS) is 10.9. The van der Waals surface area contributed by atoms with Gasteiger partial charge in [0.2, 0.25) is 0 Å². The molecule has 0 atom stereocenters. The summed E-state index contributed by atoms with van der Waals surface area (Å²) >= 11 is 12.7. The van der Waals surface area contributed by atoms with Crippen molar-refractivity contribution in [3.05, 3.63) is 82.0 Å². The summed E-state index contributed by atoms with van der Waals surface area (Å²) in [6.45, 7) is 7.72. The molecule has 178 valence electrons. The van der Waals surface area contributed by atoms with E-state index < -0.39 is 0 Å². The van der Waals surface area contributed by atoms with Gasteiger partial charge in [-0.05, 0) is 74.6 Å². The molecule has 2 N–H and O–H groups in total. The summed E-state index contributed by atoms with van der Waals surface area (Å²) in [6, 6.07) is 15.4. The van der Waals surface area contributed by atoms with Gasteiger partial charge in [0.05, 0.1) is 21.3 Å². The quantitative estimate of drug-likeness (QED) is 0.348.